The van der Waals surface area contributed by atoms with Crippen molar-refractivity contribution in [2.45, 2.75) is 108 Å². The summed E-state index contributed by atoms with van der Waals surface area (Å²) in [5.41, 5.74) is 9.19. The number of alkyl halides is 3. The molecule has 2 rings (SSSR count). The number of nitrogens with zero attached hydrogens (tertiary/aromatic N) is 3. The molecule has 0 saturated carbocycles. The molecule has 10 atom stereocenters. The largest absolute Gasteiger partial charge is 0.455 e. The average Bonchev–Trinajstić information content (AvgIpc) is 2.84. The Hall–Kier alpha value is -1.66. The standard InChI is InChI=1S/C24H35Cl3N4O8/c1-7-15-11(3)12(4)17(30-31-29)21(35-15)37-18-13(5)19(36-16(34)9-8-10(2)32)22(38-20(18)14(6)33)39-23(28)24(25,26)27/h11-13,15,17-22,28H,7-9H2,1-6H3/t11-,12-,13-,15-,17?,18-,19?,20-,21+,22-/m0/s1. The molecule has 2 fully saturated rings. The Morgan fingerprint density at radius 1 is 0.974 bits per heavy atom. The van der Waals surface area contributed by atoms with Crippen molar-refractivity contribution in [3.05, 3.63) is 10.4 Å². The number of hydrogen-bond acceptors (Lipinski definition) is 10. The first kappa shape index (κ1) is 33.5. The maximum atomic E-state index is 12.7. The van der Waals surface area contributed by atoms with E-state index in [9.17, 15) is 19.9 Å². The quantitative estimate of drug-likeness (QED) is 0.0678. The van der Waals surface area contributed by atoms with Crippen molar-refractivity contribution in [1.82, 2.24) is 0 Å². The summed E-state index contributed by atoms with van der Waals surface area (Å²) in [6.45, 7) is 10.1. The van der Waals surface area contributed by atoms with Crippen LogP contribution in [-0.2, 0) is 38.1 Å². The summed E-state index contributed by atoms with van der Waals surface area (Å²) in [6.07, 6.45) is -5.88. The Kier molecular flexibility index (Phi) is 12.3. The molecule has 15 heteroatoms. The number of nitrogens with one attached hydrogen (secondary N) is 1. The molecule has 0 aromatic heterocycles. The van der Waals surface area contributed by atoms with Gasteiger partial charge in [0.05, 0.1) is 18.6 Å². The lowest BCUT2D eigenvalue weighted by Crippen LogP contribution is -2.61. The first-order valence-corrected chi connectivity index (χ1v) is 13.8. The SMILES string of the molecule is CC[C@@H]1O[C@H](O[C@H]2[C@H](C)C(OC(=O)CCC(C)=O)[C@H](OC(=N)C(Cl)(Cl)Cl)O[C@H]2C(C)=O)C(N=[N+]=[N-])[C@@H](C)[C@@H]1C. The van der Waals surface area contributed by atoms with E-state index in [0.29, 0.717) is 6.42 Å². The monoisotopic (exact) mass is 612 g/mol. The second-order valence-electron chi connectivity index (χ2n) is 9.96. The van der Waals surface area contributed by atoms with Gasteiger partial charge in [0.15, 0.2) is 18.2 Å². The molecular formula is C24H35Cl3N4O8. The predicted octanol–water partition coefficient (Wildman–Crippen LogP) is 5.05. The summed E-state index contributed by atoms with van der Waals surface area (Å²) >= 11 is 17.3. The van der Waals surface area contributed by atoms with Crippen LogP contribution in [0.3, 0.4) is 0 Å². The summed E-state index contributed by atoms with van der Waals surface area (Å²) in [4.78, 5) is 39.6. The molecule has 220 valence electrons. The van der Waals surface area contributed by atoms with Crippen LogP contribution in [0.2, 0.25) is 0 Å². The van der Waals surface area contributed by atoms with Gasteiger partial charge < -0.3 is 28.5 Å². The molecule has 0 aliphatic carbocycles. The summed E-state index contributed by atoms with van der Waals surface area (Å²) in [5.74, 6) is -3.05. The molecule has 2 unspecified atom stereocenters. The number of azide groups is 1. The van der Waals surface area contributed by atoms with Crippen molar-refractivity contribution < 1.29 is 38.1 Å². The summed E-state index contributed by atoms with van der Waals surface area (Å²) in [5, 5.41) is 11.9. The second kappa shape index (κ2) is 14.3. The molecule has 2 saturated heterocycles. The van der Waals surface area contributed by atoms with Gasteiger partial charge in [0.25, 0.3) is 3.79 Å². The Labute approximate surface area is 242 Å². The van der Waals surface area contributed by atoms with Crippen LogP contribution in [0.1, 0.15) is 60.8 Å². The molecule has 0 aromatic carbocycles. The summed E-state index contributed by atoms with van der Waals surface area (Å²) in [6, 6.07) is -0.712. The van der Waals surface area contributed by atoms with Gasteiger partial charge in [0, 0.05) is 17.3 Å². The Morgan fingerprint density at radius 2 is 1.62 bits per heavy atom. The number of Topliss-reactive ketones (excluding diaryl/α,β-unsaturated/α-hetero) is 2. The van der Waals surface area contributed by atoms with E-state index in [1.54, 1.807) is 6.92 Å². The lowest BCUT2D eigenvalue weighted by atomic mass is 9.81. The number of hydrogen-bond donors (Lipinski definition) is 1. The number of ketones is 2. The van der Waals surface area contributed by atoms with Crippen LogP contribution >= 0.6 is 34.8 Å². The zero-order valence-corrected chi connectivity index (χ0v) is 24.9. The molecule has 0 bridgehead atoms. The highest BCUT2D eigenvalue weighted by atomic mass is 35.6. The predicted molar refractivity (Wildman–Crippen MR) is 142 cm³/mol. The molecular weight excluding hydrogens is 579 g/mol. The normalized spacial score (nSPS) is 34.9. The van der Waals surface area contributed by atoms with Crippen molar-refractivity contribution in [1.29, 1.82) is 5.41 Å². The minimum atomic E-state index is -2.25. The molecule has 2 aliphatic heterocycles. The van der Waals surface area contributed by atoms with Gasteiger partial charge in [-0.05, 0) is 37.6 Å². The Morgan fingerprint density at radius 3 is 2.13 bits per heavy atom. The molecule has 1 N–H and O–H groups in total. The molecule has 0 aromatic rings. The Balaban J connectivity index is 2.43. The van der Waals surface area contributed by atoms with E-state index in [1.165, 1.54) is 13.8 Å². The van der Waals surface area contributed by atoms with E-state index in [2.05, 4.69) is 10.0 Å². The van der Waals surface area contributed by atoms with E-state index in [1.807, 2.05) is 20.8 Å². The topological polar surface area (TPSA) is 170 Å². The number of ether oxygens (including phenoxy) is 5. The number of esters is 1. The summed E-state index contributed by atoms with van der Waals surface area (Å²) < 4.78 is 27.1. The van der Waals surface area contributed by atoms with Crippen LogP contribution < -0.4 is 0 Å². The first-order valence-electron chi connectivity index (χ1n) is 12.6. The Bertz CT molecular complexity index is 974. The highest BCUT2D eigenvalue weighted by molar-refractivity contribution is 6.76. The van der Waals surface area contributed by atoms with Gasteiger partial charge in [-0.25, -0.2) is 0 Å². The van der Waals surface area contributed by atoms with Crippen LogP contribution in [0.5, 0.6) is 0 Å². The molecule has 2 aliphatic rings. The third-order valence-corrected chi connectivity index (χ3v) is 7.66. The number of rotatable bonds is 10. The van der Waals surface area contributed by atoms with E-state index >= 15 is 0 Å². The van der Waals surface area contributed by atoms with Crippen molar-refractivity contribution >= 4 is 58.2 Å². The van der Waals surface area contributed by atoms with Gasteiger partial charge in [0.1, 0.15) is 18.0 Å². The lowest BCUT2D eigenvalue weighted by molar-refractivity contribution is -0.311. The maximum absolute atomic E-state index is 12.7. The lowest BCUT2D eigenvalue weighted by Gasteiger charge is -2.48. The van der Waals surface area contributed by atoms with Gasteiger partial charge in [-0.2, -0.15) is 0 Å². The molecule has 2 heterocycles. The smallest absolute Gasteiger partial charge is 0.306 e. The fourth-order valence-corrected chi connectivity index (χ4v) is 4.82. The zero-order valence-electron chi connectivity index (χ0n) is 22.6. The van der Waals surface area contributed by atoms with Crippen molar-refractivity contribution in [2.24, 2.45) is 22.9 Å². The highest BCUT2D eigenvalue weighted by Crippen LogP contribution is 2.39. The maximum Gasteiger partial charge on any atom is 0.306 e. The van der Waals surface area contributed by atoms with Gasteiger partial charge >= 0.3 is 5.97 Å². The van der Waals surface area contributed by atoms with Crippen LogP contribution in [0, 0.1) is 23.2 Å². The van der Waals surface area contributed by atoms with Gasteiger partial charge in [-0.15, -0.1) is 0 Å². The molecule has 39 heavy (non-hydrogen) atoms. The minimum absolute atomic E-state index is 0.0511. The number of carbonyl (C=O) groups excluding carboxylic acids is 3. The highest BCUT2D eigenvalue weighted by Gasteiger charge is 2.53. The third kappa shape index (κ3) is 8.66. The fraction of sp³-hybridized carbons (Fsp3) is 0.833. The van der Waals surface area contributed by atoms with Crippen LogP contribution in [0.4, 0.5) is 0 Å². The van der Waals surface area contributed by atoms with Crippen LogP contribution in [0.25, 0.3) is 10.4 Å². The van der Waals surface area contributed by atoms with Crippen LogP contribution in [0.15, 0.2) is 5.11 Å². The van der Waals surface area contributed by atoms with E-state index < -0.39 is 64.3 Å². The van der Waals surface area contributed by atoms with E-state index in [4.69, 9.17) is 63.9 Å². The third-order valence-electron chi connectivity index (χ3n) is 7.15. The molecule has 0 spiro atoms. The summed E-state index contributed by atoms with van der Waals surface area (Å²) in [7, 11) is 0. The van der Waals surface area contributed by atoms with Gasteiger partial charge in [0.2, 0.25) is 12.2 Å². The van der Waals surface area contributed by atoms with E-state index in [0.717, 1.165) is 0 Å². The number of carbonyl (C=O) groups is 3. The minimum Gasteiger partial charge on any atom is -0.455 e. The van der Waals surface area contributed by atoms with Gasteiger partial charge in [-0.3, -0.25) is 15.0 Å². The fourth-order valence-electron chi connectivity index (χ4n) is 4.69. The van der Waals surface area contributed by atoms with E-state index in [-0.39, 0.29) is 36.6 Å². The molecule has 12 nitrogen and oxygen atoms in total. The molecule has 0 amide bonds. The van der Waals surface area contributed by atoms with Crippen molar-refractivity contribution in [3.63, 3.8) is 0 Å². The number of halogens is 3. The zero-order chi connectivity index (χ0) is 29.7. The van der Waals surface area contributed by atoms with Crippen LogP contribution in [-0.4, -0.2) is 70.3 Å². The average molecular weight is 614 g/mol. The first-order chi connectivity index (χ1) is 18.1. The second-order valence-corrected chi connectivity index (χ2v) is 12.2. The van der Waals surface area contributed by atoms with Crippen molar-refractivity contribution in [3.8, 4) is 0 Å². The van der Waals surface area contributed by atoms with Gasteiger partial charge in [-0.1, -0.05) is 67.6 Å². The molecule has 0 radical (unpaired) electrons. The van der Waals surface area contributed by atoms with Crippen molar-refractivity contribution in [2.75, 3.05) is 0 Å².